The summed E-state index contributed by atoms with van der Waals surface area (Å²) in [5.41, 5.74) is 0. The van der Waals surface area contributed by atoms with E-state index < -0.39 is 0 Å². The molecule has 1 unspecified atom stereocenters. The first-order chi connectivity index (χ1) is 9.84. The number of nitrogens with one attached hydrogen (secondary N) is 3. The number of anilines is 1. The topological polar surface area (TPSA) is 66.1 Å². The van der Waals surface area contributed by atoms with Gasteiger partial charge in [-0.15, -0.1) is 24.8 Å². The van der Waals surface area contributed by atoms with E-state index in [-0.39, 0.29) is 30.7 Å². The number of carbonyl (C=O) groups excluding carboxylic acids is 1. The van der Waals surface area contributed by atoms with Crippen molar-refractivity contribution >= 4 is 36.5 Å². The SMILES string of the molecule is Cl.Cl.O=C(CC1CCCN1)NCCCCNc1ccccn1. The molecule has 0 bridgehead atoms. The van der Waals surface area contributed by atoms with Crippen molar-refractivity contribution in [2.45, 2.75) is 38.1 Å². The van der Waals surface area contributed by atoms with Crippen molar-refractivity contribution in [2.24, 2.45) is 0 Å². The molecule has 1 saturated heterocycles. The van der Waals surface area contributed by atoms with Gasteiger partial charge in [0.2, 0.25) is 5.91 Å². The first-order valence-corrected chi connectivity index (χ1v) is 7.49. The normalized spacial score (nSPS) is 16.3. The lowest BCUT2D eigenvalue weighted by Crippen LogP contribution is -2.32. The van der Waals surface area contributed by atoms with Crippen molar-refractivity contribution in [2.75, 3.05) is 25.0 Å². The minimum atomic E-state index is 0. The summed E-state index contributed by atoms with van der Waals surface area (Å²) in [7, 11) is 0. The molecule has 2 heterocycles. The van der Waals surface area contributed by atoms with Crippen molar-refractivity contribution in [3.63, 3.8) is 0 Å². The summed E-state index contributed by atoms with van der Waals surface area (Å²) in [6, 6.07) is 6.21. The number of hydrogen-bond acceptors (Lipinski definition) is 4. The van der Waals surface area contributed by atoms with E-state index in [1.165, 1.54) is 6.42 Å². The van der Waals surface area contributed by atoms with Crippen LogP contribution in [0, 0.1) is 0 Å². The summed E-state index contributed by atoms with van der Waals surface area (Å²) < 4.78 is 0. The second-order valence-electron chi connectivity index (χ2n) is 5.20. The number of halogens is 2. The summed E-state index contributed by atoms with van der Waals surface area (Å²) >= 11 is 0. The Balaban J connectivity index is 0.00000220. The van der Waals surface area contributed by atoms with E-state index in [1.54, 1.807) is 6.20 Å². The van der Waals surface area contributed by atoms with Crippen LogP contribution in [0.25, 0.3) is 0 Å². The first kappa shape index (κ1) is 21.0. The zero-order valence-corrected chi connectivity index (χ0v) is 14.3. The molecule has 1 fully saturated rings. The highest BCUT2D eigenvalue weighted by Gasteiger charge is 2.16. The van der Waals surface area contributed by atoms with Crippen LogP contribution in [0.3, 0.4) is 0 Å². The van der Waals surface area contributed by atoms with Gasteiger partial charge >= 0.3 is 0 Å². The van der Waals surface area contributed by atoms with E-state index in [0.717, 1.165) is 44.7 Å². The number of rotatable bonds is 8. The summed E-state index contributed by atoms with van der Waals surface area (Å²) in [4.78, 5) is 15.9. The van der Waals surface area contributed by atoms with Crippen molar-refractivity contribution in [1.29, 1.82) is 0 Å². The second kappa shape index (κ2) is 12.5. The van der Waals surface area contributed by atoms with Crippen LogP contribution in [0.4, 0.5) is 5.82 Å². The van der Waals surface area contributed by atoms with Gasteiger partial charge in [-0.25, -0.2) is 4.98 Å². The van der Waals surface area contributed by atoms with Gasteiger partial charge < -0.3 is 16.0 Å². The van der Waals surface area contributed by atoms with E-state index in [2.05, 4.69) is 20.9 Å². The van der Waals surface area contributed by atoms with Crippen LogP contribution < -0.4 is 16.0 Å². The summed E-state index contributed by atoms with van der Waals surface area (Å²) in [6.45, 7) is 2.70. The Kier molecular flexibility index (Phi) is 11.9. The Morgan fingerprint density at radius 3 is 2.77 bits per heavy atom. The lowest BCUT2D eigenvalue weighted by Gasteiger charge is -2.10. The number of nitrogens with zero attached hydrogens (tertiary/aromatic N) is 1. The average Bonchev–Trinajstić information content (AvgIpc) is 2.96. The highest BCUT2D eigenvalue weighted by Crippen LogP contribution is 2.08. The van der Waals surface area contributed by atoms with Gasteiger partial charge in [-0.1, -0.05) is 6.07 Å². The molecule has 0 aliphatic carbocycles. The Hall–Kier alpha value is -1.04. The van der Waals surface area contributed by atoms with E-state index in [0.29, 0.717) is 12.5 Å². The molecular weight excluding hydrogens is 323 g/mol. The minimum Gasteiger partial charge on any atom is -0.370 e. The quantitative estimate of drug-likeness (QED) is 0.631. The predicted molar refractivity (Wildman–Crippen MR) is 95.1 cm³/mol. The monoisotopic (exact) mass is 348 g/mol. The van der Waals surface area contributed by atoms with Crippen LogP contribution in [-0.2, 0) is 4.79 Å². The zero-order valence-electron chi connectivity index (χ0n) is 12.7. The molecule has 5 nitrogen and oxygen atoms in total. The van der Waals surface area contributed by atoms with E-state index in [4.69, 9.17) is 0 Å². The maximum atomic E-state index is 11.7. The third kappa shape index (κ3) is 8.41. The number of aromatic nitrogens is 1. The molecule has 1 aromatic rings. The third-order valence-corrected chi connectivity index (χ3v) is 3.49. The summed E-state index contributed by atoms with van der Waals surface area (Å²) in [6.07, 6.45) is 6.73. The number of carbonyl (C=O) groups is 1. The van der Waals surface area contributed by atoms with Gasteiger partial charge in [0.05, 0.1) is 0 Å². The molecule has 0 aromatic carbocycles. The maximum absolute atomic E-state index is 11.7. The van der Waals surface area contributed by atoms with Crippen LogP contribution >= 0.6 is 24.8 Å². The van der Waals surface area contributed by atoms with Gasteiger partial charge in [0, 0.05) is 31.7 Å². The van der Waals surface area contributed by atoms with Crippen molar-refractivity contribution < 1.29 is 4.79 Å². The smallest absolute Gasteiger partial charge is 0.221 e. The molecule has 1 aliphatic heterocycles. The second-order valence-corrected chi connectivity index (χ2v) is 5.20. The van der Waals surface area contributed by atoms with Gasteiger partial charge in [0.25, 0.3) is 0 Å². The number of hydrogen-bond donors (Lipinski definition) is 3. The van der Waals surface area contributed by atoms with Crippen LogP contribution in [0.15, 0.2) is 24.4 Å². The molecule has 0 spiro atoms. The lowest BCUT2D eigenvalue weighted by molar-refractivity contribution is -0.121. The Morgan fingerprint density at radius 1 is 1.27 bits per heavy atom. The average molecular weight is 349 g/mol. The fraction of sp³-hybridized carbons (Fsp3) is 0.600. The molecule has 0 radical (unpaired) electrons. The molecule has 1 amide bonds. The van der Waals surface area contributed by atoms with Gasteiger partial charge in [0.1, 0.15) is 5.82 Å². The van der Waals surface area contributed by atoms with Crippen molar-refractivity contribution in [3.8, 4) is 0 Å². The largest absolute Gasteiger partial charge is 0.370 e. The molecule has 1 aliphatic rings. The Bertz CT molecular complexity index is 400. The molecular formula is C15H26Cl2N4O. The van der Waals surface area contributed by atoms with Crippen LogP contribution in [-0.4, -0.2) is 36.6 Å². The third-order valence-electron chi connectivity index (χ3n) is 3.49. The van der Waals surface area contributed by atoms with Crippen LogP contribution in [0.2, 0.25) is 0 Å². The highest BCUT2D eigenvalue weighted by atomic mass is 35.5. The Morgan fingerprint density at radius 2 is 2.09 bits per heavy atom. The van der Waals surface area contributed by atoms with Gasteiger partial charge in [-0.05, 0) is 44.4 Å². The molecule has 1 atom stereocenters. The predicted octanol–water partition coefficient (Wildman–Crippen LogP) is 2.38. The van der Waals surface area contributed by atoms with Crippen LogP contribution in [0.1, 0.15) is 32.1 Å². The maximum Gasteiger partial charge on any atom is 0.221 e. The molecule has 22 heavy (non-hydrogen) atoms. The fourth-order valence-corrected chi connectivity index (χ4v) is 2.39. The van der Waals surface area contributed by atoms with Gasteiger partial charge in [0.15, 0.2) is 0 Å². The van der Waals surface area contributed by atoms with Crippen molar-refractivity contribution in [3.05, 3.63) is 24.4 Å². The number of pyridine rings is 1. The number of unbranched alkanes of at least 4 members (excludes halogenated alkanes) is 1. The van der Waals surface area contributed by atoms with E-state index >= 15 is 0 Å². The number of amides is 1. The molecule has 7 heteroatoms. The molecule has 1 aromatic heterocycles. The van der Waals surface area contributed by atoms with Crippen molar-refractivity contribution in [1.82, 2.24) is 15.6 Å². The van der Waals surface area contributed by atoms with Gasteiger partial charge in [-0.3, -0.25) is 4.79 Å². The first-order valence-electron chi connectivity index (χ1n) is 7.49. The lowest BCUT2D eigenvalue weighted by atomic mass is 10.1. The molecule has 3 N–H and O–H groups in total. The van der Waals surface area contributed by atoms with E-state index in [1.807, 2.05) is 18.2 Å². The zero-order chi connectivity index (χ0) is 14.0. The van der Waals surface area contributed by atoms with Crippen LogP contribution in [0.5, 0.6) is 0 Å². The van der Waals surface area contributed by atoms with E-state index in [9.17, 15) is 4.79 Å². The minimum absolute atomic E-state index is 0. The highest BCUT2D eigenvalue weighted by molar-refractivity contribution is 5.85. The standard InChI is InChI=1S/C15H24N4O.2ClH/c20-15(12-13-6-5-11-16-13)19-10-4-3-9-18-14-7-1-2-8-17-14;;/h1-2,7-8,13,16H,3-6,9-12H2,(H,17,18)(H,19,20);2*1H. The Labute approximate surface area is 144 Å². The summed E-state index contributed by atoms with van der Waals surface area (Å²) in [5, 5.41) is 9.58. The molecule has 2 rings (SSSR count). The molecule has 126 valence electrons. The fourth-order valence-electron chi connectivity index (χ4n) is 2.39. The van der Waals surface area contributed by atoms with Gasteiger partial charge in [-0.2, -0.15) is 0 Å². The molecule has 0 saturated carbocycles. The summed E-state index contributed by atoms with van der Waals surface area (Å²) in [5.74, 6) is 1.07.